The van der Waals surface area contributed by atoms with Gasteiger partial charge in [0.05, 0.1) is 6.07 Å². The smallest absolute Gasteiger partial charge is 0.111 e. The molecule has 2 heterocycles. The molecule has 0 aromatic rings. The van der Waals surface area contributed by atoms with Gasteiger partial charge in [-0.15, -0.1) is 0 Å². The number of rotatable bonds is 1. The Hall–Kier alpha value is -0.590. The van der Waals surface area contributed by atoms with E-state index >= 15 is 0 Å². The normalized spacial score (nSPS) is 37.4. The summed E-state index contributed by atoms with van der Waals surface area (Å²) in [6, 6.07) is 3.20. The van der Waals surface area contributed by atoms with Crippen LogP contribution in [0.5, 0.6) is 0 Å². The van der Waals surface area contributed by atoms with E-state index in [2.05, 4.69) is 29.8 Å². The number of nitrogens with zero attached hydrogens (tertiary/aromatic N) is 3. The van der Waals surface area contributed by atoms with Gasteiger partial charge >= 0.3 is 0 Å². The quantitative estimate of drug-likeness (QED) is 0.698. The SMILES string of the molecule is CC1CC(C#N)(N2CCCCCC2)CCN1C. The van der Waals surface area contributed by atoms with Crippen molar-refractivity contribution in [1.82, 2.24) is 9.80 Å². The molecule has 17 heavy (non-hydrogen) atoms. The molecular weight excluding hydrogens is 210 g/mol. The maximum atomic E-state index is 9.68. The van der Waals surface area contributed by atoms with E-state index in [1.165, 1.54) is 25.7 Å². The lowest BCUT2D eigenvalue weighted by Gasteiger charge is -2.46. The number of nitriles is 1. The third-order valence-electron chi connectivity index (χ3n) is 4.68. The van der Waals surface area contributed by atoms with Crippen LogP contribution in [0.2, 0.25) is 0 Å². The molecule has 3 nitrogen and oxygen atoms in total. The lowest BCUT2D eigenvalue weighted by molar-refractivity contribution is 0.0447. The van der Waals surface area contributed by atoms with Crippen molar-refractivity contribution in [3.63, 3.8) is 0 Å². The Morgan fingerprint density at radius 2 is 1.76 bits per heavy atom. The first kappa shape index (κ1) is 12.9. The Balaban J connectivity index is 2.10. The highest BCUT2D eigenvalue weighted by atomic mass is 15.2. The molecule has 0 aromatic carbocycles. The molecule has 0 aliphatic carbocycles. The van der Waals surface area contributed by atoms with Crippen molar-refractivity contribution in [3.05, 3.63) is 0 Å². The van der Waals surface area contributed by atoms with E-state index in [0.29, 0.717) is 6.04 Å². The van der Waals surface area contributed by atoms with Crippen LogP contribution in [0.25, 0.3) is 0 Å². The molecule has 0 spiro atoms. The fourth-order valence-corrected chi connectivity index (χ4v) is 3.29. The van der Waals surface area contributed by atoms with Crippen molar-refractivity contribution in [1.29, 1.82) is 5.26 Å². The van der Waals surface area contributed by atoms with Crippen LogP contribution >= 0.6 is 0 Å². The molecule has 96 valence electrons. The molecule has 2 aliphatic heterocycles. The van der Waals surface area contributed by atoms with Crippen molar-refractivity contribution in [2.24, 2.45) is 0 Å². The van der Waals surface area contributed by atoms with Crippen LogP contribution in [-0.4, -0.2) is 48.1 Å². The van der Waals surface area contributed by atoms with E-state index in [1.807, 2.05) is 0 Å². The van der Waals surface area contributed by atoms with Crippen LogP contribution < -0.4 is 0 Å². The zero-order valence-corrected chi connectivity index (χ0v) is 11.3. The Kier molecular flexibility index (Phi) is 4.06. The standard InChI is InChI=1S/C14H25N3/c1-13-11-14(12-15,7-10-16(13)2)17-8-5-3-4-6-9-17/h13H,3-11H2,1-2H3. The van der Waals surface area contributed by atoms with Gasteiger partial charge in [-0.3, -0.25) is 4.90 Å². The summed E-state index contributed by atoms with van der Waals surface area (Å²) in [4.78, 5) is 4.87. The van der Waals surface area contributed by atoms with Crippen LogP contribution in [-0.2, 0) is 0 Å². The van der Waals surface area contributed by atoms with Gasteiger partial charge in [-0.1, -0.05) is 12.8 Å². The van der Waals surface area contributed by atoms with Gasteiger partial charge in [-0.2, -0.15) is 5.26 Å². The highest BCUT2D eigenvalue weighted by Crippen LogP contribution is 2.32. The fourth-order valence-electron chi connectivity index (χ4n) is 3.29. The van der Waals surface area contributed by atoms with Crippen molar-refractivity contribution in [2.45, 2.75) is 57.0 Å². The molecule has 2 aliphatic rings. The lowest BCUT2D eigenvalue weighted by Crippen LogP contribution is -2.56. The highest BCUT2D eigenvalue weighted by Gasteiger charge is 2.42. The molecule has 0 aromatic heterocycles. The minimum absolute atomic E-state index is 0.170. The third kappa shape index (κ3) is 2.64. The van der Waals surface area contributed by atoms with Gasteiger partial charge in [0, 0.05) is 12.6 Å². The van der Waals surface area contributed by atoms with Gasteiger partial charge in [0.25, 0.3) is 0 Å². The summed E-state index contributed by atoms with van der Waals surface area (Å²) in [7, 11) is 2.17. The Bertz CT molecular complexity index is 288. The summed E-state index contributed by atoms with van der Waals surface area (Å²) in [5.41, 5.74) is -0.170. The zero-order valence-electron chi connectivity index (χ0n) is 11.3. The highest BCUT2D eigenvalue weighted by molar-refractivity contribution is 5.12. The molecule has 0 radical (unpaired) electrons. The van der Waals surface area contributed by atoms with Gasteiger partial charge < -0.3 is 4.90 Å². The summed E-state index contributed by atoms with van der Waals surface area (Å²) in [5, 5.41) is 9.68. The third-order valence-corrected chi connectivity index (χ3v) is 4.68. The Morgan fingerprint density at radius 1 is 1.12 bits per heavy atom. The maximum Gasteiger partial charge on any atom is 0.111 e. The minimum atomic E-state index is -0.170. The summed E-state index contributed by atoms with van der Waals surface area (Å²) in [6.45, 7) is 5.57. The topological polar surface area (TPSA) is 30.3 Å². The van der Waals surface area contributed by atoms with Crippen molar-refractivity contribution >= 4 is 0 Å². The first-order chi connectivity index (χ1) is 8.18. The van der Waals surface area contributed by atoms with Crippen molar-refractivity contribution < 1.29 is 0 Å². The minimum Gasteiger partial charge on any atom is -0.303 e. The average molecular weight is 235 g/mol. The van der Waals surface area contributed by atoms with E-state index in [9.17, 15) is 5.26 Å². The van der Waals surface area contributed by atoms with E-state index in [-0.39, 0.29) is 5.54 Å². The van der Waals surface area contributed by atoms with Gasteiger partial charge in [0.2, 0.25) is 0 Å². The van der Waals surface area contributed by atoms with E-state index < -0.39 is 0 Å². The zero-order chi connectivity index (χ0) is 12.3. The molecule has 2 saturated heterocycles. The van der Waals surface area contributed by atoms with Crippen LogP contribution in [0.3, 0.4) is 0 Å². The maximum absolute atomic E-state index is 9.68. The largest absolute Gasteiger partial charge is 0.303 e. The molecule has 0 bridgehead atoms. The Labute approximate surface area is 105 Å². The summed E-state index contributed by atoms with van der Waals surface area (Å²) in [6.07, 6.45) is 7.26. The molecule has 2 fully saturated rings. The second-order valence-electron chi connectivity index (χ2n) is 5.83. The first-order valence-corrected chi connectivity index (χ1v) is 7.04. The van der Waals surface area contributed by atoms with Gasteiger partial charge in [0.15, 0.2) is 0 Å². The molecular formula is C14H25N3. The first-order valence-electron chi connectivity index (χ1n) is 7.04. The summed E-state index contributed by atoms with van der Waals surface area (Å²) >= 11 is 0. The molecule has 3 heteroatoms. The fraction of sp³-hybridized carbons (Fsp3) is 0.929. The number of hydrogen-bond donors (Lipinski definition) is 0. The molecule has 0 saturated carbocycles. The Morgan fingerprint density at radius 3 is 2.29 bits per heavy atom. The van der Waals surface area contributed by atoms with Crippen molar-refractivity contribution in [3.8, 4) is 6.07 Å². The molecule has 0 amide bonds. The van der Waals surface area contributed by atoms with E-state index in [1.54, 1.807) is 0 Å². The van der Waals surface area contributed by atoms with Crippen molar-refractivity contribution in [2.75, 3.05) is 26.7 Å². The monoisotopic (exact) mass is 235 g/mol. The van der Waals surface area contributed by atoms with Gasteiger partial charge in [-0.25, -0.2) is 0 Å². The number of piperidine rings is 1. The van der Waals surface area contributed by atoms with Crippen LogP contribution in [0.1, 0.15) is 45.4 Å². The summed E-state index contributed by atoms with van der Waals surface area (Å²) < 4.78 is 0. The lowest BCUT2D eigenvalue weighted by atomic mass is 9.83. The predicted molar refractivity (Wildman–Crippen MR) is 69.7 cm³/mol. The van der Waals surface area contributed by atoms with Crippen LogP contribution in [0.15, 0.2) is 0 Å². The molecule has 2 unspecified atom stereocenters. The predicted octanol–water partition coefficient (Wildman–Crippen LogP) is 2.24. The summed E-state index contributed by atoms with van der Waals surface area (Å²) in [5.74, 6) is 0. The van der Waals surface area contributed by atoms with Crippen LogP contribution in [0.4, 0.5) is 0 Å². The molecule has 2 rings (SSSR count). The van der Waals surface area contributed by atoms with Gasteiger partial charge in [0.1, 0.15) is 5.54 Å². The van der Waals surface area contributed by atoms with E-state index in [0.717, 1.165) is 32.5 Å². The van der Waals surface area contributed by atoms with Gasteiger partial charge in [-0.05, 0) is 52.7 Å². The van der Waals surface area contributed by atoms with E-state index in [4.69, 9.17) is 0 Å². The number of likely N-dealkylation sites (tertiary alicyclic amines) is 2. The average Bonchev–Trinajstić information content (AvgIpc) is 2.62. The molecule has 2 atom stereocenters. The second kappa shape index (κ2) is 5.37. The molecule has 0 N–H and O–H groups in total. The van der Waals surface area contributed by atoms with Crippen LogP contribution in [0, 0.1) is 11.3 Å². The number of hydrogen-bond acceptors (Lipinski definition) is 3. The second-order valence-corrected chi connectivity index (χ2v) is 5.83.